The fraction of sp³-hybridized carbons (Fsp3) is 0.250. The zero-order valence-electron chi connectivity index (χ0n) is 12.6. The number of halogens is 3. The average molecular weight is 388 g/mol. The van der Waals surface area contributed by atoms with Gasteiger partial charge in [0.25, 0.3) is 5.91 Å². The highest BCUT2D eigenvalue weighted by atomic mass is 35.5. The number of ether oxygens (including phenoxy) is 2. The Morgan fingerprint density at radius 3 is 2.62 bits per heavy atom. The van der Waals surface area contributed by atoms with Crippen molar-refractivity contribution in [1.82, 2.24) is 10.3 Å². The highest BCUT2D eigenvalue weighted by Crippen LogP contribution is 2.33. The molecule has 1 aliphatic heterocycles. The van der Waals surface area contributed by atoms with Crippen LogP contribution in [0.25, 0.3) is 0 Å². The molecule has 0 aliphatic carbocycles. The topological polar surface area (TPSA) is 60.5 Å². The molecule has 1 aromatic carbocycles. The summed E-state index contributed by atoms with van der Waals surface area (Å²) in [6.45, 7) is 2.87. The molecule has 1 aliphatic rings. The Morgan fingerprint density at radius 1 is 1.17 bits per heavy atom. The molecule has 8 heteroatoms. The third-order valence-corrected chi connectivity index (χ3v) is 4.79. The van der Waals surface area contributed by atoms with Crippen LogP contribution >= 0.6 is 34.8 Å². The van der Waals surface area contributed by atoms with Gasteiger partial charge >= 0.3 is 0 Å². The number of nitrogens with zero attached hydrogens (tertiary/aromatic N) is 1. The van der Waals surface area contributed by atoms with E-state index in [-0.39, 0.29) is 26.8 Å². The second kappa shape index (κ2) is 7.05. The van der Waals surface area contributed by atoms with Crippen LogP contribution in [0.5, 0.6) is 11.5 Å². The lowest BCUT2D eigenvalue weighted by Crippen LogP contribution is -2.28. The minimum absolute atomic E-state index is 0.0236. The maximum Gasteiger partial charge on any atom is 0.271 e. The molecule has 0 radical (unpaired) electrons. The molecule has 1 atom stereocenters. The highest BCUT2D eigenvalue weighted by Gasteiger charge is 2.20. The van der Waals surface area contributed by atoms with E-state index in [1.165, 1.54) is 6.20 Å². The number of aromatic nitrogens is 1. The number of hydrogen-bond donors (Lipinski definition) is 1. The fourth-order valence-electron chi connectivity index (χ4n) is 2.28. The highest BCUT2D eigenvalue weighted by molar-refractivity contribution is 6.48. The average Bonchev–Trinajstić information content (AvgIpc) is 2.59. The van der Waals surface area contributed by atoms with E-state index in [1.807, 2.05) is 25.1 Å². The Balaban J connectivity index is 1.78. The van der Waals surface area contributed by atoms with E-state index in [2.05, 4.69) is 10.3 Å². The molecule has 0 bridgehead atoms. The molecule has 0 unspecified atom stereocenters. The molecular formula is C16H13Cl3N2O3. The normalized spacial score (nSPS) is 14.2. The third kappa shape index (κ3) is 3.38. The molecule has 0 fully saturated rings. The number of amides is 1. The first-order valence-corrected chi connectivity index (χ1v) is 8.30. The molecule has 2 aromatic rings. The summed E-state index contributed by atoms with van der Waals surface area (Å²) in [5.74, 6) is 0.907. The fourth-order valence-corrected chi connectivity index (χ4v) is 2.85. The second-order valence-electron chi connectivity index (χ2n) is 5.18. The monoisotopic (exact) mass is 386 g/mol. The van der Waals surface area contributed by atoms with Crippen molar-refractivity contribution < 1.29 is 14.3 Å². The molecule has 24 heavy (non-hydrogen) atoms. The van der Waals surface area contributed by atoms with Gasteiger partial charge in [-0.05, 0) is 24.6 Å². The van der Waals surface area contributed by atoms with Gasteiger partial charge in [-0.25, -0.2) is 4.98 Å². The Hall–Kier alpha value is -1.69. The molecule has 0 saturated carbocycles. The first kappa shape index (κ1) is 17.1. The van der Waals surface area contributed by atoms with Crippen LogP contribution in [0.15, 0.2) is 24.4 Å². The quantitative estimate of drug-likeness (QED) is 0.853. The molecular weight excluding hydrogens is 375 g/mol. The van der Waals surface area contributed by atoms with Crippen molar-refractivity contribution in [2.75, 3.05) is 13.2 Å². The SMILES string of the molecule is C[C@@H](NC(=O)c1ncc(Cl)c(Cl)c1Cl)c1ccc2c(c1)OCCO2. The smallest absolute Gasteiger partial charge is 0.271 e. The third-order valence-electron chi connectivity index (χ3n) is 3.55. The van der Waals surface area contributed by atoms with E-state index in [9.17, 15) is 4.79 Å². The molecule has 126 valence electrons. The van der Waals surface area contributed by atoms with Crippen LogP contribution < -0.4 is 14.8 Å². The molecule has 0 spiro atoms. The first-order chi connectivity index (χ1) is 11.5. The summed E-state index contributed by atoms with van der Waals surface area (Å²) < 4.78 is 11.0. The summed E-state index contributed by atoms with van der Waals surface area (Å²) in [5, 5.41) is 3.14. The van der Waals surface area contributed by atoms with Crippen molar-refractivity contribution in [3.63, 3.8) is 0 Å². The van der Waals surface area contributed by atoms with E-state index in [0.29, 0.717) is 24.7 Å². The zero-order chi connectivity index (χ0) is 17.3. The number of nitrogens with one attached hydrogen (secondary N) is 1. The lowest BCUT2D eigenvalue weighted by atomic mass is 10.1. The lowest BCUT2D eigenvalue weighted by Gasteiger charge is -2.21. The van der Waals surface area contributed by atoms with Gasteiger partial charge in [-0.1, -0.05) is 40.9 Å². The number of fused-ring (bicyclic) bond motifs is 1. The summed E-state index contributed by atoms with van der Waals surface area (Å²) >= 11 is 17.8. The Bertz CT molecular complexity index is 798. The maximum atomic E-state index is 12.4. The van der Waals surface area contributed by atoms with Crippen LogP contribution in [0.4, 0.5) is 0 Å². The minimum atomic E-state index is -0.444. The van der Waals surface area contributed by atoms with Crippen LogP contribution in [0.2, 0.25) is 15.1 Å². The van der Waals surface area contributed by atoms with Crippen LogP contribution in [0.3, 0.4) is 0 Å². The van der Waals surface area contributed by atoms with Gasteiger partial charge in [-0.2, -0.15) is 0 Å². The molecule has 0 saturated heterocycles. The standard InChI is InChI=1S/C16H13Cl3N2O3/c1-8(9-2-3-11-12(6-9)24-5-4-23-11)21-16(22)15-14(19)13(18)10(17)7-20-15/h2-3,6-8H,4-5H2,1H3,(H,21,22)/t8-/m1/s1. The first-order valence-electron chi connectivity index (χ1n) is 7.17. The lowest BCUT2D eigenvalue weighted by molar-refractivity contribution is 0.0935. The van der Waals surface area contributed by atoms with Gasteiger partial charge < -0.3 is 14.8 Å². The van der Waals surface area contributed by atoms with Gasteiger partial charge in [0.1, 0.15) is 18.9 Å². The van der Waals surface area contributed by atoms with Crippen LogP contribution in [0.1, 0.15) is 29.0 Å². The van der Waals surface area contributed by atoms with Crippen molar-refractivity contribution in [1.29, 1.82) is 0 Å². The van der Waals surface area contributed by atoms with E-state index >= 15 is 0 Å². The second-order valence-corrected chi connectivity index (χ2v) is 6.34. The van der Waals surface area contributed by atoms with Crippen LogP contribution in [0, 0.1) is 0 Å². The van der Waals surface area contributed by atoms with Gasteiger partial charge in [0, 0.05) is 6.20 Å². The molecule has 1 amide bonds. The van der Waals surface area contributed by atoms with Crippen molar-refractivity contribution in [3.05, 3.63) is 50.7 Å². The largest absolute Gasteiger partial charge is 0.486 e. The van der Waals surface area contributed by atoms with Crippen molar-refractivity contribution in [2.45, 2.75) is 13.0 Å². The number of hydrogen-bond acceptors (Lipinski definition) is 4. The van der Waals surface area contributed by atoms with E-state index < -0.39 is 5.91 Å². The summed E-state index contributed by atoms with van der Waals surface area (Å²) in [6, 6.07) is 5.23. The molecule has 2 heterocycles. The van der Waals surface area contributed by atoms with Gasteiger partial charge in [0.05, 0.1) is 21.1 Å². The van der Waals surface area contributed by atoms with E-state index in [1.54, 1.807) is 0 Å². The minimum Gasteiger partial charge on any atom is -0.486 e. The van der Waals surface area contributed by atoms with Crippen LogP contribution in [-0.4, -0.2) is 24.1 Å². The number of carbonyl (C=O) groups excluding carboxylic acids is 1. The molecule has 1 aromatic heterocycles. The Morgan fingerprint density at radius 2 is 1.88 bits per heavy atom. The summed E-state index contributed by atoms with van der Waals surface area (Å²) in [4.78, 5) is 16.3. The van der Waals surface area contributed by atoms with Gasteiger partial charge in [0.2, 0.25) is 0 Å². The molecule has 3 rings (SSSR count). The summed E-state index contributed by atoms with van der Waals surface area (Å²) in [5.41, 5.74) is 0.888. The van der Waals surface area contributed by atoms with Crippen LogP contribution in [-0.2, 0) is 0 Å². The molecule has 5 nitrogen and oxygen atoms in total. The predicted molar refractivity (Wildman–Crippen MR) is 92.6 cm³/mol. The molecule has 1 N–H and O–H groups in total. The Labute approximate surface area is 153 Å². The number of benzene rings is 1. The van der Waals surface area contributed by atoms with E-state index in [4.69, 9.17) is 44.3 Å². The van der Waals surface area contributed by atoms with Gasteiger partial charge in [0.15, 0.2) is 11.5 Å². The van der Waals surface area contributed by atoms with Crippen molar-refractivity contribution in [3.8, 4) is 11.5 Å². The van der Waals surface area contributed by atoms with Gasteiger partial charge in [-0.15, -0.1) is 0 Å². The van der Waals surface area contributed by atoms with E-state index in [0.717, 1.165) is 5.56 Å². The summed E-state index contributed by atoms with van der Waals surface area (Å²) in [6.07, 6.45) is 1.29. The van der Waals surface area contributed by atoms with Crippen molar-refractivity contribution >= 4 is 40.7 Å². The summed E-state index contributed by atoms with van der Waals surface area (Å²) in [7, 11) is 0. The van der Waals surface area contributed by atoms with Crippen molar-refractivity contribution in [2.24, 2.45) is 0 Å². The Kier molecular flexibility index (Phi) is 5.04. The predicted octanol–water partition coefficient (Wildman–Crippen LogP) is 4.30. The number of rotatable bonds is 3. The number of pyridine rings is 1. The van der Waals surface area contributed by atoms with Gasteiger partial charge in [-0.3, -0.25) is 4.79 Å². The maximum absolute atomic E-state index is 12.4. The zero-order valence-corrected chi connectivity index (χ0v) is 14.9. The number of carbonyl (C=O) groups is 1.